The number of hydrogen-bond acceptors (Lipinski definition) is 7. The maximum Gasteiger partial charge on any atom is 0.405 e. The average Bonchev–Trinajstić information content (AvgIpc) is 2.63. The molecule has 0 saturated carbocycles. The van der Waals surface area contributed by atoms with Crippen LogP contribution in [0.2, 0.25) is 0 Å². The number of imide groups is 1. The minimum absolute atomic E-state index is 0.0991. The number of nitro groups is 1. The van der Waals surface area contributed by atoms with Gasteiger partial charge in [-0.2, -0.15) is 13.2 Å². The lowest BCUT2D eigenvalue weighted by Gasteiger charge is -2.13. The van der Waals surface area contributed by atoms with Gasteiger partial charge in [-0.25, -0.2) is 9.59 Å². The molecule has 158 valence electrons. The zero-order chi connectivity index (χ0) is 22.2. The summed E-state index contributed by atoms with van der Waals surface area (Å²) in [6.45, 7) is -1.45. The fraction of sp³-hybridized carbons (Fsp3) is 0.333. The normalized spacial score (nSPS) is 11.7. The first-order chi connectivity index (χ1) is 13.4. The third-order valence-electron chi connectivity index (χ3n) is 3.07. The SMILES string of the molecule is C[C@H](NC(=O)c1cccc([N+](=O)[O-])c1)C(=O)OCC(=O)NC(=O)NCC(F)(F)F. The van der Waals surface area contributed by atoms with Gasteiger partial charge < -0.3 is 15.4 Å². The van der Waals surface area contributed by atoms with E-state index in [0.717, 1.165) is 12.1 Å². The highest BCUT2D eigenvalue weighted by Gasteiger charge is 2.28. The van der Waals surface area contributed by atoms with Gasteiger partial charge in [0.2, 0.25) is 0 Å². The van der Waals surface area contributed by atoms with Gasteiger partial charge in [0.15, 0.2) is 6.61 Å². The molecule has 29 heavy (non-hydrogen) atoms. The number of hydrogen-bond donors (Lipinski definition) is 3. The smallest absolute Gasteiger partial charge is 0.405 e. The quantitative estimate of drug-likeness (QED) is 0.332. The van der Waals surface area contributed by atoms with Crippen molar-refractivity contribution in [2.24, 2.45) is 0 Å². The Bertz CT molecular complexity index is 813. The molecule has 0 aliphatic carbocycles. The molecule has 0 aliphatic rings. The maximum absolute atomic E-state index is 12.0. The van der Waals surface area contributed by atoms with Crippen LogP contribution in [-0.2, 0) is 14.3 Å². The van der Waals surface area contributed by atoms with Crippen LogP contribution in [0, 0.1) is 10.1 Å². The molecule has 0 heterocycles. The molecule has 1 aromatic rings. The largest absolute Gasteiger partial charge is 0.454 e. The molecule has 0 saturated heterocycles. The number of nitrogens with one attached hydrogen (secondary N) is 3. The van der Waals surface area contributed by atoms with Gasteiger partial charge in [0, 0.05) is 17.7 Å². The van der Waals surface area contributed by atoms with Gasteiger partial charge in [-0.15, -0.1) is 0 Å². The molecule has 0 aliphatic heterocycles. The Hall–Kier alpha value is -3.71. The predicted octanol–water partition coefficient (Wildman–Crippen LogP) is 0.644. The van der Waals surface area contributed by atoms with E-state index in [4.69, 9.17) is 0 Å². The summed E-state index contributed by atoms with van der Waals surface area (Å²) in [7, 11) is 0. The van der Waals surface area contributed by atoms with Crippen molar-refractivity contribution in [3.8, 4) is 0 Å². The number of halogens is 3. The summed E-state index contributed by atoms with van der Waals surface area (Å²) in [6.07, 6.45) is -4.67. The summed E-state index contributed by atoms with van der Waals surface area (Å²) in [4.78, 5) is 56.2. The van der Waals surface area contributed by atoms with Gasteiger partial charge >= 0.3 is 18.2 Å². The Morgan fingerprint density at radius 2 is 1.90 bits per heavy atom. The van der Waals surface area contributed by atoms with Crippen LogP contribution in [0.25, 0.3) is 0 Å². The summed E-state index contributed by atoms with van der Waals surface area (Å²) in [5.74, 6) is -3.11. The van der Waals surface area contributed by atoms with Crippen molar-refractivity contribution in [2.45, 2.75) is 19.1 Å². The van der Waals surface area contributed by atoms with Crippen molar-refractivity contribution in [3.63, 3.8) is 0 Å². The van der Waals surface area contributed by atoms with Gasteiger partial charge in [0.25, 0.3) is 17.5 Å². The Labute approximate surface area is 160 Å². The molecule has 11 nitrogen and oxygen atoms in total. The van der Waals surface area contributed by atoms with Gasteiger partial charge in [-0.1, -0.05) is 6.07 Å². The van der Waals surface area contributed by atoms with Gasteiger partial charge in [-0.3, -0.25) is 25.0 Å². The lowest BCUT2D eigenvalue weighted by Crippen LogP contribution is -2.45. The number of carbonyl (C=O) groups is 4. The second kappa shape index (κ2) is 10.0. The molecule has 1 atom stereocenters. The standard InChI is InChI=1S/C15H15F3N4O7/c1-8(20-12(24)9-3-2-4-10(5-9)22(27)28)13(25)29-6-11(23)21-14(26)19-7-15(16,17)18/h2-5,8H,6-7H2,1H3,(H,20,24)(H2,19,21,23,26)/t8-/m0/s1. The van der Waals surface area contributed by atoms with E-state index in [1.165, 1.54) is 29.7 Å². The molecule has 1 aromatic carbocycles. The van der Waals surface area contributed by atoms with Crippen molar-refractivity contribution < 1.29 is 42.0 Å². The first-order valence-corrected chi connectivity index (χ1v) is 7.75. The molecule has 4 amide bonds. The second-order valence-corrected chi connectivity index (χ2v) is 5.46. The highest BCUT2D eigenvalue weighted by atomic mass is 19.4. The Morgan fingerprint density at radius 3 is 2.48 bits per heavy atom. The summed E-state index contributed by atoms with van der Waals surface area (Å²) in [5.41, 5.74) is -0.439. The van der Waals surface area contributed by atoms with E-state index in [9.17, 15) is 42.5 Å². The van der Waals surface area contributed by atoms with Crippen LogP contribution in [0.4, 0.5) is 23.7 Å². The molecule has 0 unspecified atom stereocenters. The van der Waals surface area contributed by atoms with Gasteiger partial charge in [-0.05, 0) is 13.0 Å². The molecule has 0 spiro atoms. The lowest BCUT2D eigenvalue weighted by molar-refractivity contribution is -0.384. The third kappa shape index (κ3) is 8.68. The number of amides is 4. The summed E-state index contributed by atoms with van der Waals surface area (Å²) >= 11 is 0. The topological polar surface area (TPSA) is 157 Å². The fourth-order valence-corrected chi connectivity index (χ4v) is 1.75. The van der Waals surface area contributed by atoms with Crippen LogP contribution in [0.5, 0.6) is 0 Å². The van der Waals surface area contributed by atoms with Crippen LogP contribution >= 0.6 is 0 Å². The number of ether oxygens (including phenoxy) is 1. The monoisotopic (exact) mass is 420 g/mol. The molecule has 3 N–H and O–H groups in total. The molecule has 0 aromatic heterocycles. The number of nitrogens with zero attached hydrogens (tertiary/aromatic N) is 1. The lowest BCUT2D eigenvalue weighted by atomic mass is 10.2. The van der Waals surface area contributed by atoms with Crippen molar-refractivity contribution >= 4 is 29.5 Å². The number of benzene rings is 1. The van der Waals surface area contributed by atoms with Crippen LogP contribution in [0.1, 0.15) is 17.3 Å². The van der Waals surface area contributed by atoms with E-state index in [0.29, 0.717) is 0 Å². The van der Waals surface area contributed by atoms with Crippen LogP contribution in [0.3, 0.4) is 0 Å². The highest BCUT2D eigenvalue weighted by molar-refractivity contribution is 5.98. The zero-order valence-corrected chi connectivity index (χ0v) is 14.7. The Morgan fingerprint density at radius 1 is 1.24 bits per heavy atom. The zero-order valence-electron chi connectivity index (χ0n) is 14.7. The first-order valence-electron chi connectivity index (χ1n) is 7.75. The van der Waals surface area contributed by atoms with Crippen molar-refractivity contribution in [3.05, 3.63) is 39.9 Å². The number of carbonyl (C=O) groups excluding carboxylic acids is 4. The van der Waals surface area contributed by atoms with Crippen LogP contribution < -0.4 is 16.0 Å². The number of esters is 1. The molecule has 0 fully saturated rings. The fourth-order valence-electron chi connectivity index (χ4n) is 1.75. The van der Waals surface area contributed by atoms with Gasteiger partial charge in [0.05, 0.1) is 4.92 Å². The van der Waals surface area contributed by atoms with Crippen molar-refractivity contribution in [2.75, 3.05) is 13.2 Å². The number of non-ortho nitro benzene ring substituents is 1. The van der Waals surface area contributed by atoms with E-state index < -0.39 is 54.1 Å². The number of rotatable bonds is 7. The molecular formula is C15H15F3N4O7. The summed E-state index contributed by atoms with van der Waals surface area (Å²) in [6, 6.07) is 1.99. The van der Waals surface area contributed by atoms with Crippen LogP contribution in [0.15, 0.2) is 24.3 Å². The van der Waals surface area contributed by atoms with Crippen molar-refractivity contribution in [1.29, 1.82) is 0 Å². The van der Waals surface area contributed by atoms with Crippen LogP contribution in [-0.4, -0.2) is 54.1 Å². The average molecular weight is 420 g/mol. The summed E-state index contributed by atoms with van der Waals surface area (Å²) in [5, 5.41) is 15.8. The molecular weight excluding hydrogens is 405 g/mol. The molecule has 14 heteroatoms. The van der Waals surface area contributed by atoms with E-state index >= 15 is 0 Å². The van der Waals surface area contributed by atoms with E-state index in [-0.39, 0.29) is 11.3 Å². The Balaban J connectivity index is 2.47. The maximum atomic E-state index is 12.0. The Kier molecular flexibility index (Phi) is 8.05. The third-order valence-corrected chi connectivity index (χ3v) is 3.07. The molecule has 1 rings (SSSR count). The van der Waals surface area contributed by atoms with E-state index in [1.807, 2.05) is 0 Å². The molecule has 0 bridgehead atoms. The number of alkyl halides is 3. The minimum atomic E-state index is -4.67. The van der Waals surface area contributed by atoms with E-state index in [1.54, 1.807) is 0 Å². The molecule has 0 radical (unpaired) electrons. The summed E-state index contributed by atoms with van der Waals surface area (Å²) < 4.78 is 40.3. The first kappa shape index (κ1) is 23.3. The highest BCUT2D eigenvalue weighted by Crippen LogP contribution is 2.13. The van der Waals surface area contributed by atoms with E-state index in [2.05, 4.69) is 10.1 Å². The second-order valence-electron chi connectivity index (χ2n) is 5.46. The van der Waals surface area contributed by atoms with Gasteiger partial charge in [0.1, 0.15) is 12.6 Å². The van der Waals surface area contributed by atoms with Crippen molar-refractivity contribution in [1.82, 2.24) is 16.0 Å². The predicted molar refractivity (Wildman–Crippen MR) is 88.6 cm³/mol. The number of nitro benzene ring substituents is 1. The number of urea groups is 1. The minimum Gasteiger partial charge on any atom is -0.454 e.